The second-order valence-electron chi connectivity index (χ2n) is 7.60. The molecule has 1 aliphatic carbocycles. The SMILES string of the molecule is Cc1nc2ccccc2n1Cc1ccc(CNC(=O)C2CCCCC2)cc1. The van der Waals surface area contributed by atoms with E-state index in [1.165, 1.54) is 30.3 Å². The van der Waals surface area contributed by atoms with E-state index in [2.05, 4.69) is 64.3 Å². The van der Waals surface area contributed by atoms with Crippen LogP contribution in [0.2, 0.25) is 0 Å². The van der Waals surface area contributed by atoms with E-state index in [0.29, 0.717) is 6.54 Å². The molecule has 4 heteroatoms. The number of para-hydroxylation sites is 2. The number of aryl methyl sites for hydroxylation is 1. The Balaban J connectivity index is 1.38. The first-order chi connectivity index (χ1) is 13.2. The third kappa shape index (κ3) is 4.05. The molecular weight excluding hydrogens is 334 g/mol. The summed E-state index contributed by atoms with van der Waals surface area (Å²) >= 11 is 0. The topological polar surface area (TPSA) is 46.9 Å². The highest BCUT2D eigenvalue weighted by Gasteiger charge is 2.20. The molecule has 0 bridgehead atoms. The molecule has 27 heavy (non-hydrogen) atoms. The first-order valence-electron chi connectivity index (χ1n) is 9.98. The fraction of sp³-hybridized carbons (Fsp3) is 0.391. The Morgan fingerprint density at radius 1 is 1.04 bits per heavy atom. The molecule has 0 atom stereocenters. The number of carbonyl (C=O) groups is 1. The van der Waals surface area contributed by atoms with Crippen molar-refractivity contribution in [2.24, 2.45) is 5.92 Å². The van der Waals surface area contributed by atoms with Crippen molar-refractivity contribution in [3.8, 4) is 0 Å². The van der Waals surface area contributed by atoms with Gasteiger partial charge in [-0.1, -0.05) is 55.7 Å². The molecule has 1 aliphatic rings. The van der Waals surface area contributed by atoms with Gasteiger partial charge in [-0.25, -0.2) is 4.98 Å². The van der Waals surface area contributed by atoms with Gasteiger partial charge in [-0.05, 0) is 43.0 Å². The Morgan fingerprint density at radius 3 is 2.52 bits per heavy atom. The molecule has 140 valence electrons. The lowest BCUT2D eigenvalue weighted by atomic mass is 9.88. The third-order valence-corrected chi connectivity index (χ3v) is 5.65. The molecule has 1 amide bonds. The molecule has 0 spiro atoms. The van der Waals surface area contributed by atoms with E-state index >= 15 is 0 Å². The molecular formula is C23H27N3O. The van der Waals surface area contributed by atoms with Crippen molar-refractivity contribution >= 4 is 16.9 Å². The first kappa shape index (κ1) is 17.8. The molecule has 2 aromatic carbocycles. The number of rotatable bonds is 5. The van der Waals surface area contributed by atoms with Crippen LogP contribution in [0, 0.1) is 12.8 Å². The fourth-order valence-electron chi connectivity index (χ4n) is 4.04. The van der Waals surface area contributed by atoms with E-state index in [9.17, 15) is 4.79 Å². The number of hydrogen-bond donors (Lipinski definition) is 1. The van der Waals surface area contributed by atoms with Crippen LogP contribution in [0.15, 0.2) is 48.5 Å². The van der Waals surface area contributed by atoms with Gasteiger partial charge in [-0.2, -0.15) is 0 Å². The molecule has 0 radical (unpaired) electrons. The van der Waals surface area contributed by atoms with Crippen molar-refractivity contribution in [1.29, 1.82) is 0 Å². The van der Waals surface area contributed by atoms with Gasteiger partial charge < -0.3 is 9.88 Å². The number of nitrogens with zero attached hydrogens (tertiary/aromatic N) is 2. The van der Waals surface area contributed by atoms with Gasteiger partial charge in [0.1, 0.15) is 5.82 Å². The molecule has 0 unspecified atom stereocenters. The summed E-state index contributed by atoms with van der Waals surface area (Å²) in [5.74, 6) is 1.47. The maximum atomic E-state index is 12.3. The maximum absolute atomic E-state index is 12.3. The van der Waals surface area contributed by atoms with Crippen LogP contribution in [0.25, 0.3) is 11.0 Å². The normalized spacial score (nSPS) is 15.1. The zero-order valence-corrected chi connectivity index (χ0v) is 15.9. The standard InChI is InChI=1S/C23H27N3O/c1-17-25-21-9-5-6-10-22(21)26(17)16-19-13-11-18(12-14-19)15-24-23(27)20-7-3-2-4-8-20/h5-6,9-14,20H,2-4,7-8,15-16H2,1H3,(H,24,27). The monoisotopic (exact) mass is 361 g/mol. The molecule has 1 saturated carbocycles. The summed E-state index contributed by atoms with van der Waals surface area (Å²) in [4.78, 5) is 16.9. The highest BCUT2D eigenvalue weighted by atomic mass is 16.1. The Labute approximate surface area is 160 Å². The van der Waals surface area contributed by atoms with Gasteiger partial charge in [0.25, 0.3) is 0 Å². The van der Waals surface area contributed by atoms with E-state index in [-0.39, 0.29) is 11.8 Å². The van der Waals surface area contributed by atoms with Gasteiger partial charge in [-0.15, -0.1) is 0 Å². The first-order valence-corrected chi connectivity index (χ1v) is 9.98. The van der Waals surface area contributed by atoms with Crippen LogP contribution in [0.5, 0.6) is 0 Å². The average Bonchev–Trinajstić information content (AvgIpc) is 3.03. The molecule has 4 nitrogen and oxygen atoms in total. The van der Waals surface area contributed by atoms with Crippen molar-refractivity contribution in [3.63, 3.8) is 0 Å². The van der Waals surface area contributed by atoms with E-state index in [0.717, 1.165) is 36.3 Å². The van der Waals surface area contributed by atoms with Crippen molar-refractivity contribution in [2.75, 3.05) is 0 Å². The Hall–Kier alpha value is -2.62. The fourth-order valence-corrected chi connectivity index (χ4v) is 4.04. The summed E-state index contributed by atoms with van der Waals surface area (Å²) < 4.78 is 2.25. The summed E-state index contributed by atoms with van der Waals surface area (Å²) in [6.45, 7) is 3.47. The quantitative estimate of drug-likeness (QED) is 0.722. The van der Waals surface area contributed by atoms with E-state index < -0.39 is 0 Å². The van der Waals surface area contributed by atoms with E-state index in [1.807, 2.05) is 6.07 Å². The Bertz CT molecular complexity index is 920. The second-order valence-corrected chi connectivity index (χ2v) is 7.60. The molecule has 0 saturated heterocycles. The van der Waals surface area contributed by atoms with Crippen LogP contribution in [0.1, 0.15) is 49.1 Å². The molecule has 1 N–H and O–H groups in total. The molecule has 0 aliphatic heterocycles. The number of imidazole rings is 1. The van der Waals surface area contributed by atoms with Gasteiger partial charge >= 0.3 is 0 Å². The molecule has 1 heterocycles. The van der Waals surface area contributed by atoms with Crippen LogP contribution in [0.3, 0.4) is 0 Å². The van der Waals surface area contributed by atoms with Crippen molar-refractivity contribution < 1.29 is 4.79 Å². The summed E-state index contributed by atoms with van der Waals surface area (Å²) in [6, 6.07) is 16.8. The van der Waals surface area contributed by atoms with E-state index in [4.69, 9.17) is 0 Å². The number of aromatic nitrogens is 2. The average molecular weight is 361 g/mol. The number of amides is 1. The lowest BCUT2D eigenvalue weighted by Crippen LogP contribution is -2.31. The summed E-state index contributed by atoms with van der Waals surface area (Å²) in [5.41, 5.74) is 4.59. The third-order valence-electron chi connectivity index (χ3n) is 5.65. The predicted molar refractivity (Wildman–Crippen MR) is 108 cm³/mol. The van der Waals surface area contributed by atoms with Gasteiger partial charge in [0.2, 0.25) is 5.91 Å². The zero-order valence-electron chi connectivity index (χ0n) is 15.9. The molecule has 1 fully saturated rings. The number of hydrogen-bond acceptors (Lipinski definition) is 2. The smallest absolute Gasteiger partial charge is 0.223 e. The molecule has 4 rings (SSSR count). The van der Waals surface area contributed by atoms with Crippen LogP contribution >= 0.6 is 0 Å². The van der Waals surface area contributed by atoms with E-state index in [1.54, 1.807) is 0 Å². The zero-order chi connectivity index (χ0) is 18.6. The van der Waals surface area contributed by atoms with Gasteiger partial charge in [0.05, 0.1) is 11.0 Å². The summed E-state index contributed by atoms with van der Waals surface area (Å²) in [5, 5.41) is 3.11. The lowest BCUT2D eigenvalue weighted by molar-refractivity contribution is -0.126. The number of benzene rings is 2. The second kappa shape index (κ2) is 7.95. The summed E-state index contributed by atoms with van der Waals surface area (Å²) in [7, 11) is 0. The van der Waals surface area contributed by atoms with Crippen LogP contribution in [-0.4, -0.2) is 15.5 Å². The molecule has 3 aromatic rings. The van der Waals surface area contributed by atoms with Crippen LogP contribution in [0.4, 0.5) is 0 Å². The highest BCUT2D eigenvalue weighted by Crippen LogP contribution is 2.23. The minimum atomic E-state index is 0.218. The van der Waals surface area contributed by atoms with Crippen LogP contribution < -0.4 is 5.32 Å². The Morgan fingerprint density at radius 2 is 1.74 bits per heavy atom. The predicted octanol–water partition coefficient (Wildman–Crippen LogP) is 4.59. The number of fused-ring (bicyclic) bond motifs is 1. The van der Waals surface area contributed by atoms with Gasteiger partial charge in [0, 0.05) is 19.0 Å². The minimum absolute atomic E-state index is 0.218. The number of nitrogens with one attached hydrogen (secondary N) is 1. The van der Waals surface area contributed by atoms with Crippen molar-refractivity contribution in [1.82, 2.24) is 14.9 Å². The Kier molecular flexibility index (Phi) is 5.23. The maximum Gasteiger partial charge on any atom is 0.223 e. The van der Waals surface area contributed by atoms with Gasteiger partial charge in [0.15, 0.2) is 0 Å². The molecule has 1 aromatic heterocycles. The largest absolute Gasteiger partial charge is 0.352 e. The summed E-state index contributed by atoms with van der Waals surface area (Å²) in [6.07, 6.45) is 5.74. The van der Waals surface area contributed by atoms with Crippen molar-refractivity contribution in [3.05, 3.63) is 65.5 Å². The van der Waals surface area contributed by atoms with Crippen LogP contribution in [-0.2, 0) is 17.9 Å². The van der Waals surface area contributed by atoms with Gasteiger partial charge in [-0.3, -0.25) is 4.79 Å². The number of carbonyl (C=O) groups excluding carboxylic acids is 1. The highest BCUT2D eigenvalue weighted by molar-refractivity contribution is 5.78. The lowest BCUT2D eigenvalue weighted by Gasteiger charge is -2.20. The van der Waals surface area contributed by atoms with Crippen molar-refractivity contribution in [2.45, 2.75) is 52.1 Å². The minimum Gasteiger partial charge on any atom is -0.352 e.